The molecule has 0 unspecified atom stereocenters. The highest BCUT2D eigenvalue weighted by Crippen LogP contribution is 2.31. The first-order chi connectivity index (χ1) is 13.0. The van der Waals surface area contributed by atoms with Crippen molar-refractivity contribution < 1.29 is 12.8 Å². The van der Waals surface area contributed by atoms with Crippen LogP contribution in [0.4, 0.5) is 0 Å². The van der Waals surface area contributed by atoms with Crippen LogP contribution in [0.15, 0.2) is 58.1 Å². The summed E-state index contributed by atoms with van der Waals surface area (Å²) in [7, 11) is -3.62. The van der Waals surface area contributed by atoms with Crippen LogP contribution in [0.3, 0.4) is 0 Å². The summed E-state index contributed by atoms with van der Waals surface area (Å²) >= 11 is 5.95. The Hall–Kier alpha value is -2.29. The van der Waals surface area contributed by atoms with Gasteiger partial charge in [-0.1, -0.05) is 17.7 Å². The summed E-state index contributed by atoms with van der Waals surface area (Å²) < 4.78 is 33.1. The highest BCUT2D eigenvalue weighted by Gasteiger charge is 2.33. The molecule has 0 N–H and O–H groups in total. The molecule has 0 saturated carbocycles. The summed E-state index contributed by atoms with van der Waals surface area (Å²) in [6.45, 7) is 0.748. The van der Waals surface area contributed by atoms with Crippen molar-refractivity contribution in [3.05, 3.63) is 59.7 Å². The van der Waals surface area contributed by atoms with E-state index in [4.69, 9.17) is 16.0 Å². The van der Waals surface area contributed by atoms with Crippen molar-refractivity contribution in [2.75, 3.05) is 13.1 Å². The number of piperidine rings is 1. The zero-order valence-electron chi connectivity index (χ0n) is 14.3. The molecule has 1 saturated heterocycles. The van der Waals surface area contributed by atoms with Gasteiger partial charge in [-0.15, -0.1) is 10.2 Å². The Morgan fingerprint density at radius 3 is 2.85 bits per heavy atom. The van der Waals surface area contributed by atoms with Gasteiger partial charge in [0.1, 0.15) is 0 Å². The normalized spacial score (nSPS) is 18.5. The molecule has 9 heteroatoms. The van der Waals surface area contributed by atoms with E-state index in [1.165, 1.54) is 10.4 Å². The molecule has 0 aliphatic carbocycles. The van der Waals surface area contributed by atoms with E-state index in [1.807, 2.05) is 6.07 Å². The highest BCUT2D eigenvalue weighted by atomic mass is 35.5. The monoisotopic (exact) mass is 404 g/mol. The number of aromatic nitrogens is 3. The Balaban J connectivity index is 1.56. The van der Waals surface area contributed by atoms with Crippen LogP contribution < -0.4 is 0 Å². The number of hydrogen-bond acceptors (Lipinski definition) is 6. The molecule has 140 valence electrons. The molecule has 27 heavy (non-hydrogen) atoms. The van der Waals surface area contributed by atoms with Crippen molar-refractivity contribution in [2.45, 2.75) is 23.7 Å². The van der Waals surface area contributed by atoms with E-state index in [0.29, 0.717) is 29.9 Å². The fourth-order valence-electron chi connectivity index (χ4n) is 3.14. The lowest BCUT2D eigenvalue weighted by Crippen LogP contribution is -2.39. The third-order valence-corrected chi connectivity index (χ3v) is 6.61. The topological polar surface area (TPSA) is 89.2 Å². The highest BCUT2D eigenvalue weighted by molar-refractivity contribution is 7.89. The van der Waals surface area contributed by atoms with Gasteiger partial charge < -0.3 is 4.42 Å². The standard InChI is InChI=1S/C18H17ClN4O3S/c19-15-6-1-7-16(10-15)27(24,25)23-9-3-5-14(12-23)18-22-21-17(26-18)13-4-2-8-20-11-13/h1-2,4,6-8,10-11,14H,3,5,9,12H2/t14-/m0/s1. The molecule has 1 aromatic carbocycles. The molecule has 1 fully saturated rings. The van der Waals surface area contributed by atoms with E-state index in [0.717, 1.165) is 18.4 Å². The molecule has 0 spiro atoms. The second-order valence-corrected chi connectivity index (χ2v) is 8.72. The van der Waals surface area contributed by atoms with Gasteiger partial charge in [0.05, 0.1) is 16.4 Å². The summed E-state index contributed by atoms with van der Waals surface area (Å²) in [5.74, 6) is 0.679. The zero-order chi connectivity index (χ0) is 18.9. The predicted molar refractivity (Wildman–Crippen MR) is 99.7 cm³/mol. The minimum Gasteiger partial charge on any atom is -0.420 e. The molecule has 3 heterocycles. The lowest BCUT2D eigenvalue weighted by Gasteiger charge is -2.30. The number of benzene rings is 1. The molecule has 3 aromatic rings. The molecule has 1 aliphatic heterocycles. The minimum absolute atomic E-state index is 0.148. The lowest BCUT2D eigenvalue weighted by molar-refractivity contribution is 0.286. The van der Waals surface area contributed by atoms with Gasteiger partial charge in [-0.25, -0.2) is 8.42 Å². The Bertz CT molecular complexity index is 1040. The third kappa shape index (κ3) is 3.73. The Kier molecular flexibility index (Phi) is 4.94. The van der Waals surface area contributed by atoms with E-state index >= 15 is 0 Å². The average molecular weight is 405 g/mol. The van der Waals surface area contributed by atoms with Crippen molar-refractivity contribution in [3.8, 4) is 11.5 Å². The van der Waals surface area contributed by atoms with Crippen molar-refractivity contribution in [1.29, 1.82) is 0 Å². The first-order valence-corrected chi connectivity index (χ1v) is 10.4. The van der Waals surface area contributed by atoms with Gasteiger partial charge in [0, 0.05) is 30.5 Å². The van der Waals surface area contributed by atoms with Gasteiger partial charge in [-0.3, -0.25) is 4.98 Å². The van der Waals surface area contributed by atoms with Crippen molar-refractivity contribution >= 4 is 21.6 Å². The molecular formula is C18H17ClN4O3S. The van der Waals surface area contributed by atoms with Gasteiger partial charge in [0.2, 0.25) is 21.8 Å². The number of nitrogens with zero attached hydrogens (tertiary/aromatic N) is 4. The largest absolute Gasteiger partial charge is 0.420 e. The fourth-order valence-corrected chi connectivity index (χ4v) is 4.97. The SMILES string of the molecule is O=S(=O)(c1cccc(Cl)c1)N1CCC[C@H](c2nnc(-c3cccnc3)o2)C1. The maximum atomic E-state index is 12.9. The summed E-state index contributed by atoms with van der Waals surface area (Å²) in [5.41, 5.74) is 0.732. The number of hydrogen-bond donors (Lipinski definition) is 0. The second-order valence-electron chi connectivity index (χ2n) is 6.35. The number of sulfonamides is 1. The summed E-state index contributed by atoms with van der Waals surface area (Å²) in [6.07, 6.45) is 4.82. The number of rotatable bonds is 4. The molecule has 0 amide bonds. The maximum Gasteiger partial charge on any atom is 0.249 e. The van der Waals surface area contributed by atoms with Crippen molar-refractivity contribution in [2.24, 2.45) is 0 Å². The van der Waals surface area contributed by atoms with Crippen LogP contribution in [0, 0.1) is 0 Å². The average Bonchev–Trinajstić information content (AvgIpc) is 3.19. The second kappa shape index (κ2) is 7.38. The Labute approximate surface area is 162 Å². The van der Waals surface area contributed by atoms with Crippen LogP contribution in [0.25, 0.3) is 11.5 Å². The Morgan fingerprint density at radius 1 is 1.19 bits per heavy atom. The van der Waals surface area contributed by atoms with Crippen LogP contribution >= 0.6 is 11.6 Å². The molecule has 2 aromatic heterocycles. The zero-order valence-corrected chi connectivity index (χ0v) is 15.9. The van der Waals surface area contributed by atoms with E-state index in [1.54, 1.807) is 36.7 Å². The minimum atomic E-state index is -3.62. The van der Waals surface area contributed by atoms with E-state index < -0.39 is 10.0 Å². The first-order valence-electron chi connectivity index (χ1n) is 8.53. The quantitative estimate of drug-likeness (QED) is 0.662. The number of pyridine rings is 1. The Morgan fingerprint density at radius 2 is 2.07 bits per heavy atom. The molecule has 1 atom stereocenters. The molecular weight excluding hydrogens is 388 g/mol. The summed E-state index contributed by atoms with van der Waals surface area (Å²) in [4.78, 5) is 4.23. The van der Waals surface area contributed by atoms with Gasteiger partial charge >= 0.3 is 0 Å². The summed E-state index contributed by atoms with van der Waals surface area (Å²) in [5, 5.41) is 8.60. The van der Waals surface area contributed by atoms with E-state index in [-0.39, 0.29) is 10.8 Å². The first kappa shape index (κ1) is 18.1. The van der Waals surface area contributed by atoms with Crippen molar-refractivity contribution in [1.82, 2.24) is 19.5 Å². The third-order valence-electron chi connectivity index (χ3n) is 4.52. The molecule has 0 radical (unpaired) electrons. The number of halogens is 1. The maximum absolute atomic E-state index is 12.9. The molecule has 0 bridgehead atoms. The summed E-state index contributed by atoms with van der Waals surface area (Å²) in [6, 6.07) is 9.93. The smallest absolute Gasteiger partial charge is 0.249 e. The van der Waals surface area contributed by atoms with E-state index in [9.17, 15) is 8.42 Å². The van der Waals surface area contributed by atoms with Gasteiger partial charge in [-0.2, -0.15) is 4.31 Å². The van der Waals surface area contributed by atoms with Gasteiger partial charge in [-0.05, 0) is 43.2 Å². The fraction of sp³-hybridized carbons (Fsp3) is 0.278. The molecule has 1 aliphatic rings. The van der Waals surface area contributed by atoms with Gasteiger partial charge in [0.25, 0.3) is 0 Å². The van der Waals surface area contributed by atoms with Crippen LogP contribution in [-0.4, -0.2) is 41.0 Å². The van der Waals surface area contributed by atoms with Crippen molar-refractivity contribution in [3.63, 3.8) is 0 Å². The van der Waals surface area contributed by atoms with Crippen LogP contribution in [0.1, 0.15) is 24.7 Å². The van der Waals surface area contributed by atoms with Crippen LogP contribution in [-0.2, 0) is 10.0 Å². The molecule has 7 nitrogen and oxygen atoms in total. The van der Waals surface area contributed by atoms with E-state index in [2.05, 4.69) is 15.2 Å². The molecule has 4 rings (SSSR count). The lowest BCUT2D eigenvalue weighted by atomic mass is 10.00. The van der Waals surface area contributed by atoms with Gasteiger partial charge in [0.15, 0.2) is 0 Å². The van der Waals surface area contributed by atoms with Crippen LogP contribution in [0.5, 0.6) is 0 Å². The van der Waals surface area contributed by atoms with Crippen LogP contribution in [0.2, 0.25) is 5.02 Å². The predicted octanol–water partition coefficient (Wildman–Crippen LogP) is 3.35.